The molecule has 0 saturated heterocycles. The molecule has 1 aromatic heterocycles. The summed E-state index contributed by atoms with van der Waals surface area (Å²) < 4.78 is 0. The number of hydrogen-bond acceptors (Lipinski definition) is 3. The first-order chi connectivity index (χ1) is 6.97. The minimum absolute atomic E-state index is 0.190. The fraction of sp³-hybridized carbons (Fsp3) is 0.750. The molecule has 2 atom stereocenters. The van der Waals surface area contributed by atoms with Crippen LogP contribution in [0.15, 0.2) is 5.38 Å². The van der Waals surface area contributed by atoms with Gasteiger partial charge in [-0.05, 0) is 12.3 Å². The summed E-state index contributed by atoms with van der Waals surface area (Å²) in [5.74, 6) is 0.866. The van der Waals surface area contributed by atoms with Gasteiger partial charge in [0.1, 0.15) is 0 Å². The van der Waals surface area contributed by atoms with Gasteiger partial charge in [-0.1, -0.05) is 27.7 Å². The van der Waals surface area contributed by atoms with Gasteiger partial charge in [0, 0.05) is 23.4 Å². The predicted octanol–water partition coefficient (Wildman–Crippen LogP) is 2.94. The summed E-state index contributed by atoms with van der Waals surface area (Å²) in [6.07, 6.45) is 1.33. The highest BCUT2D eigenvalue weighted by atomic mass is 32.1. The third-order valence-corrected chi connectivity index (χ3v) is 4.17. The van der Waals surface area contributed by atoms with E-state index in [0.717, 1.165) is 18.5 Å². The summed E-state index contributed by atoms with van der Waals surface area (Å²) >= 11 is 1.78. The number of hydrogen-bond donors (Lipinski definition) is 1. The summed E-state index contributed by atoms with van der Waals surface area (Å²) in [6.45, 7) is 9.87. The molecule has 0 radical (unpaired) electrons. The van der Waals surface area contributed by atoms with Crippen LogP contribution in [0.5, 0.6) is 0 Å². The van der Waals surface area contributed by atoms with Crippen molar-refractivity contribution in [2.24, 2.45) is 5.92 Å². The SMILES string of the molecule is CC1CC1NCc1csc(C(C)(C)C)n1. The van der Waals surface area contributed by atoms with Gasteiger partial charge in [-0.3, -0.25) is 0 Å². The summed E-state index contributed by atoms with van der Waals surface area (Å²) in [6, 6.07) is 0.741. The van der Waals surface area contributed by atoms with E-state index in [0.29, 0.717) is 0 Å². The maximum absolute atomic E-state index is 4.66. The minimum atomic E-state index is 0.190. The van der Waals surface area contributed by atoms with Crippen LogP contribution in [0.1, 0.15) is 44.8 Å². The lowest BCUT2D eigenvalue weighted by Crippen LogP contribution is -2.18. The standard InChI is InChI=1S/C12H20N2S/c1-8-5-10(8)13-6-9-7-15-11(14-9)12(2,3)4/h7-8,10,13H,5-6H2,1-4H3. The van der Waals surface area contributed by atoms with Crippen molar-refractivity contribution in [1.29, 1.82) is 0 Å². The molecule has 1 heterocycles. The van der Waals surface area contributed by atoms with Crippen molar-refractivity contribution in [3.63, 3.8) is 0 Å². The van der Waals surface area contributed by atoms with E-state index < -0.39 is 0 Å². The molecule has 2 nitrogen and oxygen atoms in total. The molecule has 1 fully saturated rings. The molecule has 0 aromatic carbocycles. The van der Waals surface area contributed by atoms with E-state index in [2.05, 4.69) is 43.4 Å². The van der Waals surface area contributed by atoms with Crippen LogP contribution < -0.4 is 5.32 Å². The van der Waals surface area contributed by atoms with Crippen LogP contribution in [0.2, 0.25) is 0 Å². The molecule has 0 amide bonds. The lowest BCUT2D eigenvalue weighted by molar-refractivity contribution is 0.577. The monoisotopic (exact) mass is 224 g/mol. The van der Waals surface area contributed by atoms with Gasteiger partial charge >= 0.3 is 0 Å². The minimum Gasteiger partial charge on any atom is -0.308 e. The molecule has 1 N–H and O–H groups in total. The molecule has 3 heteroatoms. The summed E-state index contributed by atoms with van der Waals surface area (Å²) in [7, 11) is 0. The third-order valence-electron chi connectivity index (χ3n) is 2.85. The Morgan fingerprint density at radius 2 is 2.20 bits per heavy atom. The molecule has 0 spiro atoms. The Morgan fingerprint density at radius 3 is 2.67 bits per heavy atom. The van der Waals surface area contributed by atoms with E-state index in [9.17, 15) is 0 Å². The lowest BCUT2D eigenvalue weighted by Gasteiger charge is -2.13. The van der Waals surface area contributed by atoms with Crippen LogP contribution in [0.4, 0.5) is 0 Å². The molecule has 1 aromatic rings. The van der Waals surface area contributed by atoms with Crippen LogP contribution in [0, 0.1) is 5.92 Å². The quantitative estimate of drug-likeness (QED) is 0.854. The van der Waals surface area contributed by atoms with Gasteiger partial charge in [-0.2, -0.15) is 0 Å². The molecule has 0 aliphatic heterocycles. The molecular formula is C12H20N2S. The summed E-state index contributed by atoms with van der Waals surface area (Å²) in [5.41, 5.74) is 1.39. The van der Waals surface area contributed by atoms with Crippen molar-refractivity contribution in [2.75, 3.05) is 0 Å². The highest BCUT2D eigenvalue weighted by Gasteiger charge is 2.31. The molecular weight excluding hydrogens is 204 g/mol. The maximum atomic E-state index is 4.66. The first-order valence-electron chi connectivity index (χ1n) is 5.65. The van der Waals surface area contributed by atoms with E-state index in [4.69, 9.17) is 0 Å². The van der Waals surface area contributed by atoms with Gasteiger partial charge in [0.05, 0.1) is 10.7 Å². The Kier molecular flexibility index (Phi) is 2.86. The van der Waals surface area contributed by atoms with Crippen molar-refractivity contribution in [3.8, 4) is 0 Å². The van der Waals surface area contributed by atoms with E-state index >= 15 is 0 Å². The molecule has 1 aliphatic rings. The Bertz CT molecular complexity index is 338. The number of rotatable bonds is 3. The van der Waals surface area contributed by atoms with Crippen LogP contribution in [0.3, 0.4) is 0 Å². The fourth-order valence-corrected chi connectivity index (χ4v) is 2.48. The van der Waals surface area contributed by atoms with Gasteiger partial charge in [0.2, 0.25) is 0 Å². The largest absolute Gasteiger partial charge is 0.308 e. The lowest BCUT2D eigenvalue weighted by atomic mass is 9.98. The van der Waals surface area contributed by atoms with Gasteiger partial charge in [-0.25, -0.2) is 4.98 Å². The zero-order valence-corrected chi connectivity index (χ0v) is 10.8. The average Bonchev–Trinajstić information content (AvgIpc) is 2.66. The van der Waals surface area contributed by atoms with Gasteiger partial charge in [0.15, 0.2) is 0 Å². The Morgan fingerprint density at radius 1 is 1.53 bits per heavy atom. The highest BCUT2D eigenvalue weighted by Crippen LogP contribution is 2.30. The van der Waals surface area contributed by atoms with Crippen LogP contribution >= 0.6 is 11.3 Å². The Balaban J connectivity index is 1.90. The number of nitrogens with zero attached hydrogens (tertiary/aromatic N) is 1. The normalized spacial score (nSPS) is 25.6. The Labute approximate surface area is 96.1 Å². The molecule has 1 aliphatic carbocycles. The number of thiazole rings is 1. The molecule has 2 unspecified atom stereocenters. The first-order valence-corrected chi connectivity index (χ1v) is 6.53. The van der Waals surface area contributed by atoms with Gasteiger partial charge in [0.25, 0.3) is 0 Å². The van der Waals surface area contributed by atoms with Gasteiger partial charge in [-0.15, -0.1) is 11.3 Å². The number of aromatic nitrogens is 1. The second-order valence-electron chi connectivity index (χ2n) is 5.59. The summed E-state index contributed by atoms with van der Waals surface area (Å²) in [4.78, 5) is 4.66. The fourth-order valence-electron chi connectivity index (χ4n) is 1.57. The third kappa shape index (κ3) is 2.79. The first kappa shape index (κ1) is 11.1. The van der Waals surface area contributed by atoms with Crippen molar-refractivity contribution < 1.29 is 0 Å². The molecule has 2 rings (SSSR count). The van der Waals surface area contributed by atoms with E-state index in [1.54, 1.807) is 11.3 Å². The van der Waals surface area contributed by atoms with Crippen molar-refractivity contribution in [2.45, 2.75) is 52.1 Å². The van der Waals surface area contributed by atoms with E-state index in [1.807, 2.05) is 0 Å². The Hall–Kier alpha value is -0.410. The highest BCUT2D eigenvalue weighted by molar-refractivity contribution is 7.09. The van der Waals surface area contributed by atoms with Crippen LogP contribution in [-0.4, -0.2) is 11.0 Å². The second-order valence-corrected chi connectivity index (χ2v) is 6.45. The van der Waals surface area contributed by atoms with Gasteiger partial charge < -0.3 is 5.32 Å². The number of nitrogens with one attached hydrogen (secondary N) is 1. The van der Waals surface area contributed by atoms with E-state index in [1.165, 1.54) is 17.1 Å². The summed E-state index contributed by atoms with van der Waals surface area (Å²) in [5, 5.41) is 6.95. The predicted molar refractivity (Wildman–Crippen MR) is 65.2 cm³/mol. The molecule has 15 heavy (non-hydrogen) atoms. The maximum Gasteiger partial charge on any atom is 0.0982 e. The van der Waals surface area contributed by atoms with Crippen molar-refractivity contribution in [3.05, 3.63) is 16.1 Å². The van der Waals surface area contributed by atoms with Crippen molar-refractivity contribution >= 4 is 11.3 Å². The van der Waals surface area contributed by atoms with Crippen molar-refractivity contribution in [1.82, 2.24) is 10.3 Å². The van der Waals surface area contributed by atoms with E-state index in [-0.39, 0.29) is 5.41 Å². The second kappa shape index (κ2) is 3.87. The smallest absolute Gasteiger partial charge is 0.0982 e. The average molecular weight is 224 g/mol. The molecule has 1 saturated carbocycles. The van der Waals surface area contributed by atoms with Crippen LogP contribution in [-0.2, 0) is 12.0 Å². The molecule has 84 valence electrons. The topological polar surface area (TPSA) is 24.9 Å². The van der Waals surface area contributed by atoms with Crippen LogP contribution in [0.25, 0.3) is 0 Å². The zero-order chi connectivity index (χ0) is 11.1. The zero-order valence-electron chi connectivity index (χ0n) is 10.0. The molecule has 0 bridgehead atoms.